The molecule has 110 valence electrons. The van der Waals surface area contributed by atoms with Crippen LogP contribution in [0.5, 0.6) is 11.5 Å². The van der Waals surface area contributed by atoms with Crippen LogP contribution in [0.25, 0.3) is 11.4 Å². The minimum atomic E-state index is 0.0682. The Balaban J connectivity index is 2.22. The fourth-order valence-electron chi connectivity index (χ4n) is 2.61. The third-order valence-corrected chi connectivity index (χ3v) is 3.54. The third-order valence-electron chi connectivity index (χ3n) is 3.54. The quantitative estimate of drug-likeness (QED) is 0.740. The maximum atomic E-state index is 6.06. The molecular weight excluding hydrogens is 264 g/mol. The molecule has 0 radical (unpaired) electrons. The van der Waals surface area contributed by atoms with Gasteiger partial charge in [-0.1, -0.05) is 0 Å². The van der Waals surface area contributed by atoms with Crippen molar-refractivity contribution in [1.82, 2.24) is 9.97 Å². The van der Waals surface area contributed by atoms with Gasteiger partial charge in [-0.15, -0.1) is 0 Å². The molecule has 4 heteroatoms. The van der Waals surface area contributed by atoms with Crippen molar-refractivity contribution in [3.8, 4) is 22.9 Å². The Morgan fingerprint density at radius 1 is 0.810 bits per heavy atom. The van der Waals surface area contributed by atoms with Crippen LogP contribution in [0.2, 0.25) is 0 Å². The minimum absolute atomic E-state index is 0.0682. The van der Waals surface area contributed by atoms with E-state index in [1.807, 2.05) is 38.1 Å². The fraction of sp³-hybridized carbons (Fsp3) is 0.412. The van der Waals surface area contributed by atoms with Crippen LogP contribution in [-0.4, -0.2) is 22.2 Å². The molecule has 0 N–H and O–H groups in total. The van der Waals surface area contributed by atoms with Gasteiger partial charge in [0.05, 0.1) is 12.2 Å². The zero-order valence-corrected chi connectivity index (χ0v) is 12.9. The Morgan fingerprint density at radius 2 is 1.24 bits per heavy atom. The van der Waals surface area contributed by atoms with E-state index < -0.39 is 0 Å². The van der Waals surface area contributed by atoms with Gasteiger partial charge >= 0.3 is 0 Å². The average Bonchev–Trinajstić information content (AvgIpc) is 2.46. The number of hydrogen-bond acceptors (Lipinski definition) is 4. The number of nitrogens with zero attached hydrogens (tertiary/aromatic N) is 2. The molecule has 4 nitrogen and oxygen atoms in total. The van der Waals surface area contributed by atoms with Crippen LogP contribution in [0.1, 0.15) is 31.7 Å². The fourth-order valence-corrected chi connectivity index (χ4v) is 2.61. The number of aryl methyl sites for hydroxylation is 2. The van der Waals surface area contributed by atoms with E-state index in [4.69, 9.17) is 9.47 Å². The van der Waals surface area contributed by atoms with Gasteiger partial charge in [0.1, 0.15) is 22.9 Å². The number of ether oxygens (including phenoxy) is 2. The van der Waals surface area contributed by atoms with E-state index in [-0.39, 0.29) is 12.2 Å². The van der Waals surface area contributed by atoms with Crippen LogP contribution in [0.4, 0.5) is 0 Å². The van der Waals surface area contributed by atoms with E-state index in [1.54, 1.807) is 0 Å². The molecule has 1 aliphatic rings. The van der Waals surface area contributed by atoms with E-state index >= 15 is 0 Å². The average molecular weight is 284 g/mol. The van der Waals surface area contributed by atoms with Gasteiger partial charge in [0, 0.05) is 17.8 Å². The van der Waals surface area contributed by atoms with E-state index in [0.717, 1.165) is 40.7 Å². The SMILES string of the molecule is Cc1ccc2c(n1)-c1nc(C)ccc1O[C@@H](C)C[C@H](C)O2. The molecule has 0 aromatic carbocycles. The van der Waals surface area contributed by atoms with Crippen molar-refractivity contribution in [3.05, 3.63) is 35.7 Å². The summed E-state index contributed by atoms with van der Waals surface area (Å²) in [7, 11) is 0. The lowest BCUT2D eigenvalue weighted by atomic mass is 10.2. The largest absolute Gasteiger partial charge is 0.488 e. The highest BCUT2D eigenvalue weighted by molar-refractivity contribution is 5.69. The summed E-state index contributed by atoms with van der Waals surface area (Å²) in [5.41, 5.74) is 3.39. The molecule has 1 aliphatic heterocycles. The first-order valence-electron chi connectivity index (χ1n) is 7.32. The van der Waals surface area contributed by atoms with Crippen molar-refractivity contribution in [1.29, 1.82) is 0 Å². The van der Waals surface area contributed by atoms with Gasteiger partial charge in [0.15, 0.2) is 0 Å². The van der Waals surface area contributed by atoms with Gasteiger partial charge in [0.25, 0.3) is 0 Å². The van der Waals surface area contributed by atoms with Crippen LogP contribution in [0, 0.1) is 13.8 Å². The van der Waals surface area contributed by atoms with Gasteiger partial charge in [-0.25, -0.2) is 9.97 Å². The van der Waals surface area contributed by atoms with Crippen molar-refractivity contribution in [2.75, 3.05) is 0 Å². The molecule has 0 bridgehead atoms. The van der Waals surface area contributed by atoms with Crippen LogP contribution in [0.15, 0.2) is 24.3 Å². The summed E-state index contributed by atoms with van der Waals surface area (Å²) in [4.78, 5) is 9.26. The lowest BCUT2D eigenvalue weighted by molar-refractivity contribution is 0.134. The molecule has 0 aliphatic carbocycles. The third kappa shape index (κ3) is 2.84. The van der Waals surface area contributed by atoms with Crippen molar-refractivity contribution in [3.63, 3.8) is 0 Å². The number of hydrogen-bond donors (Lipinski definition) is 0. The monoisotopic (exact) mass is 284 g/mol. The first-order valence-corrected chi connectivity index (χ1v) is 7.32. The highest BCUT2D eigenvalue weighted by Gasteiger charge is 2.22. The van der Waals surface area contributed by atoms with Gasteiger partial charge in [-0.2, -0.15) is 0 Å². The number of rotatable bonds is 0. The molecule has 2 aromatic heterocycles. The van der Waals surface area contributed by atoms with Crippen molar-refractivity contribution >= 4 is 0 Å². The highest BCUT2D eigenvalue weighted by atomic mass is 16.5. The molecule has 0 unspecified atom stereocenters. The molecule has 21 heavy (non-hydrogen) atoms. The number of fused-ring (bicyclic) bond motifs is 3. The Labute approximate surface area is 125 Å². The lowest BCUT2D eigenvalue weighted by Crippen LogP contribution is -2.22. The van der Waals surface area contributed by atoms with Crippen molar-refractivity contribution in [2.24, 2.45) is 0 Å². The van der Waals surface area contributed by atoms with Crippen LogP contribution >= 0.6 is 0 Å². The zero-order valence-electron chi connectivity index (χ0n) is 12.9. The standard InChI is InChI=1S/C17H20N2O2/c1-10-5-7-14-16(18-10)17-15(8-6-11(2)19-17)21-13(4)9-12(3)20-14/h5-8,12-13H,9H2,1-4H3/t12-,13-/m0/s1. The van der Waals surface area contributed by atoms with Crippen LogP contribution < -0.4 is 9.47 Å². The van der Waals surface area contributed by atoms with Crippen LogP contribution in [0.3, 0.4) is 0 Å². The van der Waals surface area contributed by atoms with Crippen molar-refractivity contribution < 1.29 is 9.47 Å². The summed E-state index contributed by atoms with van der Waals surface area (Å²) in [6.07, 6.45) is 0.956. The molecule has 2 atom stereocenters. The molecule has 0 saturated heterocycles. The summed E-state index contributed by atoms with van der Waals surface area (Å²) < 4.78 is 12.1. The molecule has 2 aromatic rings. The van der Waals surface area contributed by atoms with Crippen LogP contribution in [-0.2, 0) is 0 Å². The summed E-state index contributed by atoms with van der Waals surface area (Å²) >= 11 is 0. The lowest BCUT2D eigenvalue weighted by Gasteiger charge is -2.18. The predicted molar refractivity (Wildman–Crippen MR) is 81.7 cm³/mol. The second-order valence-corrected chi connectivity index (χ2v) is 5.69. The maximum Gasteiger partial charge on any atom is 0.147 e. The van der Waals surface area contributed by atoms with E-state index in [1.165, 1.54) is 0 Å². The highest BCUT2D eigenvalue weighted by Crippen LogP contribution is 2.36. The normalized spacial score (nSPS) is 21.0. The van der Waals surface area contributed by atoms with Gasteiger partial charge in [-0.05, 0) is 52.0 Å². The summed E-state index contributed by atoms with van der Waals surface area (Å²) in [6.45, 7) is 8.04. The molecule has 0 saturated carbocycles. The maximum absolute atomic E-state index is 6.06. The topological polar surface area (TPSA) is 44.2 Å². The summed E-state index contributed by atoms with van der Waals surface area (Å²) in [5.74, 6) is 1.54. The zero-order chi connectivity index (χ0) is 15.0. The summed E-state index contributed by atoms with van der Waals surface area (Å²) in [6, 6.07) is 7.86. The van der Waals surface area contributed by atoms with E-state index in [9.17, 15) is 0 Å². The first kappa shape index (κ1) is 13.9. The van der Waals surface area contributed by atoms with Gasteiger partial charge in [-0.3, -0.25) is 0 Å². The Kier molecular flexibility index (Phi) is 3.53. The smallest absolute Gasteiger partial charge is 0.147 e. The van der Waals surface area contributed by atoms with E-state index in [0.29, 0.717) is 0 Å². The molecule has 3 rings (SSSR count). The van der Waals surface area contributed by atoms with Gasteiger partial charge < -0.3 is 9.47 Å². The molecule has 0 spiro atoms. The predicted octanol–water partition coefficient (Wildman–Crippen LogP) is 3.70. The minimum Gasteiger partial charge on any atom is -0.488 e. The Hall–Kier alpha value is -2.10. The summed E-state index contributed by atoms with van der Waals surface area (Å²) in [5, 5.41) is 0. The number of pyridine rings is 2. The Morgan fingerprint density at radius 3 is 1.67 bits per heavy atom. The second kappa shape index (κ2) is 5.35. The molecule has 0 amide bonds. The Bertz CT molecular complexity index is 612. The van der Waals surface area contributed by atoms with Gasteiger partial charge in [0.2, 0.25) is 0 Å². The molecular formula is C17H20N2O2. The van der Waals surface area contributed by atoms with E-state index in [2.05, 4.69) is 23.8 Å². The number of aromatic nitrogens is 2. The molecule has 3 heterocycles. The van der Waals surface area contributed by atoms with Crippen molar-refractivity contribution in [2.45, 2.75) is 46.3 Å². The first-order chi connectivity index (χ1) is 10.0. The second-order valence-electron chi connectivity index (χ2n) is 5.69. The molecule has 0 fully saturated rings.